The lowest BCUT2D eigenvalue weighted by molar-refractivity contribution is 0.502. The molecule has 0 unspecified atom stereocenters. The maximum Gasteiger partial charge on any atom is 0.351 e. The molecule has 1 aromatic rings. The van der Waals surface area contributed by atoms with Crippen LogP contribution >= 0.6 is 47.8 Å². The molecule has 0 bridgehead atoms. The molecule has 2 nitrogen and oxygen atoms in total. The molecular weight excluding hydrogens is 332 g/mol. The smallest absolute Gasteiger partial charge is 0.351 e. The van der Waals surface area contributed by atoms with Gasteiger partial charge in [-0.15, -0.1) is 0 Å². The summed E-state index contributed by atoms with van der Waals surface area (Å²) in [5.41, 5.74) is -0.393. The summed E-state index contributed by atoms with van der Waals surface area (Å²) < 4.78 is 6.36. The van der Waals surface area contributed by atoms with E-state index in [9.17, 15) is 4.79 Å². The number of hydrogen-bond donors (Lipinski definition) is 0. The lowest BCUT2D eigenvalue weighted by Gasteiger charge is -1.93. The highest BCUT2D eigenvalue weighted by molar-refractivity contribution is 9.14. The van der Waals surface area contributed by atoms with Crippen LogP contribution in [-0.4, -0.2) is 0 Å². The minimum Gasteiger partial charge on any atom is -0.429 e. The molecule has 0 spiro atoms. The number of halogens is 3. The van der Waals surface area contributed by atoms with E-state index in [0.717, 1.165) is 0 Å². The molecule has 0 aliphatic rings. The third-order valence-corrected chi connectivity index (χ3v) is 4.04. The highest BCUT2D eigenvalue weighted by Crippen LogP contribution is 2.27. The van der Waals surface area contributed by atoms with Crippen LogP contribution in [0.15, 0.2) is 28.9 Å². The van der Waals surface area contributed by atoms with Gasteiger partial charge in [0.05, 0.1) is 8.95 Å². The van der Waals surface area contributed by atoms with Crippen molar-refractivity contribution in [2.45, 2.75) is 0 Å². The molecule has 1 rings (SSSR count). The first-order valence-corrected chi connectivity index (χ1v) is 4.63. The van der Waals surface area contributed by atoms with E-state index in [-0.39, 0.29) is 0 Å². The van der Waals surface area contributed by atoms with Gasteiger partial charge in [-0.25, -0.2) is 4.79 Å². The molecule has 0 aromatic carbocycles. The normalized spacial score (nSPS) is 9.90. The zero-order valence-electron chi connectivity index (χ0n) is 4.53. The molecule has 5 heteroatoms. The predicted molar refractivity (Wildman–Crippen MR) is 48.1 cm³/mol. The summed E-state index contributed by atoms with van der Waals surface area (Å²) in [5.74, 6) is 0. The molecule has 0 aliphatic heterocycles. The fraction of sp³-hybridized carbons (Fsp3) is 0. The molecule has 54 valence electrons. The zero-order valence-corrected chi connectivity index (χ0v) is 9.29. The molecule has 0 atom stereocenters. The topological polar surface area (TPSA) is 30.2 Å². The van der Waals surface area contributed by atoms with Gasteiger partial charge >= 0.3 is 5.63 Å². The summed E-state index contributed by atoms with van der Waals surface area (Å²) in [7, 11) is 0. The zero-order chi connectivity index (χ0) is 7.72. The van der Waals surface area contributed by atoms with Gasteiger partial charge in [-0.05, 0) is 47.8 Å². The van der Waals surface area contributed by atoms with Crippen LogP contribution < -0.4 is 5.63 Å². The van der Waals surface area contributed by atoms with Gasteiger partial charge < -0.3 is 4.42 Å². The van der Waals surface area contributed by atoms with Crippen molar-refractivity contribution in [3.8, 4) is 0 Å². The summed E-state index contributed by atoms with van der Waals surface area (Å²) in [5, 5.41) is 0. The van der Waals surface area contributed by atoms with Crippen molar-refractivity contribution in [1.29, 1.82) is 0 Å². The van der Waals surface area contributed by atoms with Crippen LogP contribution in [-0.2, 0) is 0 Å². The first kappa shape index (κ1) is 8.49. The van der Waals surface area contributed by atoms with E-state index in [1.165, 1.54) is 6.26 Å². The monoisotopic (exact) mass is 330 g/mol. The quantitative estimate of drug-likeness (QED) is 0.731. The Bertz CT molecular complexity index is 304. The van der Waals surface area contributed by atoms with Crippen LogP contribution in [0.4, 0.5) is 0 Å². The van der Waals surface area contributed by atoms with E-state index >= 15 is 0 Å². The summed E-state index contributed by atoms with van der Waals surface area (Å²) in [6.07, 6.45) is 1.33. The van der Waals surface area contributed by atoms with Gasteiger partial charge in [-0.1, -0.05) is 0 Å². The fourth-order valence-electron chi connectivity index (χ4n) is 0.403. The maximum absolute atomic E-state index is 10.7. The molecule has 0 amide bonds. The van der Waals surface area contributed by atoms with Crippen molar-refractivity contribution in [3.05, 3.63) is 30.1 Å². The second kappa shape index (κ2) is 3.19. The Morgan fingerprint density at radius 1 is 1.20 bits per heavy atom. The van der Waals surface area contributed by atoms with Gasteiger partial charge in [-0.2, -0.15) is 0 Å². The van der Waals surface area contributed by atoms with E-state index in [4.69, 9.17) is 0 Å². The minimum atomic E-state index is -0.393. The number of hydrogen-bond acceptors (Lipinski definition) is 2. The molecule has 1 heterocycles. The first-order chi connectivity index (χ1) is 4.63. The molecule has 0 radical (unpaired) electrons. The molecule has 0 saturated heterocycles. The highest BCUT2D eigenvalue weighted by atomic mass is 79.9. The Labute approximate surface area is 82.0 Å². The molecule has 1 aromatic heterocycles. The second-order valence-electron chi connectivity index (χ2n) is 1.50. The van der Waals surface area contributed by atoms with Crippen LogP contribution in [0.3, 0.4) is 0 Å². The van der Waals surface area contributed by atoms with Crippen molar-refractivity contribution >= 4 is 47.8 Å². The molecule has 0 aliphatic carbocycles. The van der Waals surface area contributed by atoms with Crippen molar-refractivity contribution in [1.82, 2.24) is 0 Å². The van der Waals surface area contributed by atoms with Crippen molar-refractivity contribution in [2.75, 3.05) is 0 Å². The van der Waals surface area contributed by atoms with E-state index in [1.807, 2.05) is 0 Å². The predicted octanol–water partition coefficient (Wildman–Crippen LogP) is 2.93. The Hall–Kier alpha value is 0.390. The van der Waals surface area contributed by atoms with Gasteiger partial charge in [0, 0.05) is 0 Å². The largest absolute Gasteiger partial charge is 0.429 e. The standard InChI is InChI=1S/C5HBr3O2/c6-2-1-10-5(9)4(8)3(2)7/h1H. The second-order valence-corrected chi connectivity index (χ2v) is 3.94. The molecule has 0 N–H and O–H groups in total. The minimum absolute atomic E-state index is 0.391. The Morgan fingerprint density at radius 3 is 2.30 bits per heavy atom. The summed E-state index contributed by atoms with van der Waals surface area (Å²) in [6, 6.07) is 0. The SMILES string of the molecule is O=c1occ(Br)c(Br)c1Br. The van der Waals surface area contributed by atoms with Crippen molar-refractivity contribution in [3.63, 3.8) is 0 Å². The maximum atomic E-state index is 10.7. The van der Waals surface area contributed by atoms with Crippen LogP contribution in [0, 0.1) is 0 Å². The molecule has 0 fully saturated rings. The molecular formula is C5HBr3O2. The lowest BCUT2D eigenvalue weighted by Crippen LogP contribution is -1.98. The number of rotatable bonds is 0. The van der Waals surface area contributed by atoms with Crippen LogP contribution in [0.2, 0.25) is 0 Å². The Balaban J connectivity index is 3.49. The van der Waals surface area contributed by atoms with E-state index in [1.54, 1.807) is 0 Å². The van der Waals surface area contributed by atoms with E-state index < -0.39 is 5.63 Å². The third-order valence-electron chi connectivity index (χ3n) is 0.851. The van der Waals surface area contributed by atoms with Crippen LogP contribution in [0.5, 0.6) is 0 Å². The van der Waals surface area contributed by atoms with Crippen LogP contribution in [0.25, 0.3) is 0 Å². The van der Waals surface area contributed by atoms with Crippen LogP contribution in [0.1, 0.15) is 0 Å². The molecule has 0 saturated carbocycles. The van der Waals surface area contributed by atoms with Gasteiger partial charge in [0.1, 0.15) is 10.7 Å². The van der Waals surface area contributed by atoms with Gasteiger partial charge in [0.15, 0.2) is 0 Å². The Morgan fingerprint density at radius 2 is 1.80 bits per heavy atom. The van der Waals surface area contributed by atoms with Crippen molar-refractivity contribution < 1.29 is 4.42 Å². The van der Waals surface area contributed by atoms with E-state index in [2.05, 4.69) is 52.2 Å². The average molecular weight is 333 g/mol. The van der Waals surface area contributed by atoms with Gasteiger partial charge in [0.2, 0.25) is 0 Å². The fourth-order valence-corrected chi connectivity index (χ4v) is 1.52. The van der Waals surface area contributed by atoms with Gasteiger partial charge in [-0.3, -0.25) is 0 Å². The van der Waals surface area contributed by atoms with E-state index in [0.29, 0.717) is 13.4 Å². The summed E-state index contributed by atoms with van der Waals surface area (Å²) in [4.78, 5) is 10.7. The molecule has 10 heavy (non-hydrogen) atoms. The summed E-state index contributed by atoms with van der Waals surface area (Å²) >= 11 is 9.39. The Kier molecular flexibility index (Phi) is 2.71. The van der Waals surface area contributed by atoms with Gasteiger partial charge in [0.25, 0.3) is 0 Å². The highest BCUT2D eigenvalue weighted by Gasteiger charge is 2.05. The lowest BCUT2D eigenvalue weighted by atomic mass is 10.5. The average Bonchev–Trinajstić information content (AvgIpc) is 1.93. The first-order valence-electron chi connectivity index (χ1n) is 2.25. The van der Waals surface area contributed by atoms with Crippen molar-refractivity contribution in [2.24, 2.45) is 0 Å². The third kappa shape index (κ3) is 1.52. The summed E-state index contributed by atoms with van der Waals surface area (Å²) in [6.45, 7) is 0.